The largest absolute Gasteiger partial charge is 0.397 e. The number of carbonyl (C=O) groups excluding carboxylic acids is 1. The van der Waals surface area contributed by atoms with E-state index < -0.39 is 0 Å². The Morgan fingerprint density at radius 1 is 1.83 bits per heavy atom. The van der Waals surface area contributed by atoms with E-state index in [0.717, 1.165) is 0 Å². The summed E-state index contributed by atoms with van der Waals surface area (Å²) < 4.78 is 0. The third-order valence-corrected chi connectivity index (χ3v) is 2.18. The number of hydrogen-bond donors (Lipinski definition) is 2. The third-order valence-electron chi connectivity index (χ3n) is 1.25. The van der Waals surface area contributed by atoms with Crippen molar-refractivity contribution >= 4 is 22.9 Å². The van der Waals surface area contributed by atoms with Crippen LogP contribution in [0.3, 0.4) is 0 Å². The van der Waals surface area contributed by atoms with E-state index in [1.807, 2.05) is 0 Å². The van der Waals surface area contributed by atoms with Crippen molar-refractivity contribution in [2.24, 2.45) is 0 Å². The summed E-state index contributed by atoms with van der Waals surface area (Å²) in [5.41, 5.74) is 6.01. The summed E-state index contributed by atoms with van der Waals surface area (Å²) in [5, 5.41) is 4.29. The van der Waals surface area contributed by atoms with Gasteiger partial charge in [-0.05, 0) is 11.4 Å². The van der Waals surface area contributed by atoms with Gasteiger partial charge in [0.2, 0.25) is 0 Å². The number of carbonyl (C=O) groups is 1. The van der Waals surface area contributed by atoms with Crippen molar-refractivity contribution in [3.63, 3.8) is 0 Å². The molecule has 0 aromatic carbocycles. The number of terminal acetylenes is 1. The Labute approximate surface area is 74.6 Å². The van der Waals surface area contributed by atoms with Crippen molar-refractivity contribution in [2.75, 3.05) is 12.3 Å². The maximum atomic E-state index is 11.2. The van der Waals surface area contributed by atoms with E-state index in [0.29, 0.717) is 10.6 Å². The molecule has 0 spiro atoms. The van der Waals surface area contributed by atoms with E-state index in [1.165, 1.54) is 11.3 Å². The highest BCUT2D eigenvalue weighted by molar-refractivity contribution is 7.12. The summed E-state index contributed by atoms with van der Waals surface area (Å²) in [4.78, 5) is 11.7. The van der Waals surface area contributed by atoms with E-state index in [9.17, 15) is 4.79 Å². The first-order valence-electron chi connectivity index (χ1n) is 3.30. The molecule has 3 nitrogen and oxygen atoms in total. The second-order valence-electron chi connectivity index (χ2n) is 2.09. The first kappa shape index (κ1) is 8.62. The molecule has 3 N–H and O–H groups in total. The van der Waals surface area contributed by atoms with Crippen LogP contribution in [-0.4, -0.2) is 12.5 Å². The minimum atomic E-state index is -0.208. The number of hydrogen-bond acceptors (Lipinski definition) is 3. The van der Waals surface area contributed by atoms with Crippen LogP contribution in [0.25, 0.3) is 0 Å². The molecule has 12 heavy (non-hydrogen) atoms. The molecule has 1 heterocycles. The molecular weight excluding hydrogens is 172 g/mol. The Morgan fingerprint density at radius 2 is 2.58 bits per heavy atom. The molecule has 0 aliphatic heterocycles. The van der Waals surface area contributed by atoms with Crippen LogP contribution in [0.15, 0.2) is 11.4 Å². The lowest BCUT2D eigenvalue weighted by Gasteiger charge is -1.98. The predicted octanol–water partition coefficient (Wildman–Crippen LogP) is 0.693. The smallest absolute Gasteiger partial charge is 0.264 e. The normalized spacial score (nSPS) is 8.92. The first-order chi connectivity index (χ1) is 5.75. The van der Waals surface area contributed by atoms with Gasteiger partial charge in [0, 0.05) is 0 Å². The van der Waals surface area contributed by atoms with Crippen LogP contribution in [0.2, 0.25) is 0 Å². The molecule has 4 heteroatoms. The van der Waals surface area contributed by atoms with Crippen LogP contribution in [0.4, 0.5) is 5.69 Å². The number of nitrogens with two attached hydrogens (primary N) is 1. The van der Waals surface area contributed by atoms with Gasteiger partial charge in [0.25, 0.3) is 5.91 Å². The molecule has 0 aliphatic carbocycles. The maximum absolute atomic E-state index is 11.2. The zero-order valence-electron chi connectivity index (χ0n) is 6.33. The first-order valence-corrected chi connectivity index (χ1v) is 4.18. The van der Waals surface area contributed by atoms with Gasteiger partial charge >= 0.3 is 0 Å². The average molecular weight is 180 g/mol. The van der Waals surface area contributed by atoms with Crippen LogP contribution in [0, 0.1) is 12.3 Å². The molecule has 0 atom stereocenters. The van der Waals surface area contributed by atoms with Gasteiger partial charge in [-0.15, -0.1) is 17.8 Å². The van der Waals surface area contributed by atoms with Crippen LogP contribution in [-0.2, 0) is 0 Å². The van der Waals surface area contributed by atoms with Gasteiger partial charge in [-0.1, -0.05) is 5.92 Å². The average Bonchev–Trinajstić information content (AvgIpc) is 2.47. The lowest BCUT2D eigenvalue weighted by molar-refractivity contribution is 0.0963. The Kier molecular flexibility index (Phi) is 2.72. The van der Waals surface area contributed by atoms with Crippen LogP contribution in [0.1, 0.15) is 9.67 Å². The van der Waals surface area contributed by atoms with Gasteiger partial charge in [-0.2, -0.15) is 0 Å². The number of amides is 1. The highest BCUT2D eigenvalue weighted by Crippen LogP contribution is 2.17. The van der Waals surface area contributed by atoms with Crippen molar-refractivity contribution in [3.05, 3.63) is 16.3 Å². The summed E-state index contributed by atoms with van der Waals surface area (Å²) in [5.74, 6) is 2.10. The molecule has 62 valence electrons. The molecule has 1 amide bonds. The Morgan fingerprint density at radius 3 is 3.08 bits per heavy atom. The van der Waals surface area contributed by atoms with E-state index >= 15 is 0 Å². The number of rotatable bonds is 2. The Hall–Kier alpha value is -1.47. The molecule has 0 radical (unpaired) electrons. The van der Waals surface area contributed by atoms with Crippen LogP contribution < -0.4 is 11.1 Å². The summed E-state index contributed by atoms with van der Waals surface area (Å²) in [6.45, 7) is 0.232. The molecule has 0 fully saturated rings. The number of thiophene rings is 1. The zero-order chi connectivity index (χ0) is 8.97. The van der Waals surface area contributed by atoms with Gasteiger partial charge in [0.15, 0.2) is 0 Å². The molecule has 1 rings (SSSR count). The molecule has 1 aromatic rings. The molecule has 0 unspecified atom stereocenters. The lowest BCUT2D eigenvalue weighted by atomic mass is 10.4. The highest BCUT2D eigenvalue weighted by Gasteiger charge is 2.08. The molecule has 0 bridgehead atoms. The maximum Gasteiger partial charge on any atom is 0.264 e. The number of anilines is 1. The van der Waals surface area contributed by atoms with Crippen molar-refractivity contribution < 1.29 is 4.79 Å². The minimum absolute atomic E-state index is 0.208. The molecule has 0 saturated carbocycles. The summed E-state index contributed by atoms with van der Waals surface area (Å²) in [7, 11) is 0. The Balaban J connectivity index is 2.67. The quantitative estimate of drug-likeness (QED) is 0.658. The number of nitrogens with one attached hydrogen (secondary N) is 1. The summed E-state index contributed by atoms with van der Waals surface area (Å²) in [6, 6.07) is 1.69. The van der Waals surface area contributed by atoms with Gasteiger partial charge in [0.1, 0.15) is 4.88 Å². The van der Waals surface area contributed by atoms with E-state index in [-0.39, 0.29) is 12.5 Å². The number of nitrogen functional groups attached to an aromatic ring is 1. The van der Waals surface area contributed by atoms with Crippen molar-refractivity contribution in [1.82, 2.24) is 5.32 Å². The molecule has 1 aromatic heterocycles. The van der Waals surface area contributed by atoms with E-state index in [1.54, 1.807) is 11.4 Å². The van der Waals surface area contributed by atoms with Gasteiger partial charge in [-0.25, -0.2) is 0 Å². The monoisotopic (exact) mass is 180 g/mol. The predicted molar refractivity (Wildman–Crippen MR) is 49.9 cm³/mol. The molecular formula is C8H8N2OS. The second kappa shape index (κ2) is 3.79. The fraction of sp³-hybridized carbons (Fsp3) is 0.125. The fourth-order valence-corrected chi connectivity index (χ4v) is 1.45. The van der Waals surface area contributed by atoms with E-state index in [2.05, 4.69) is 11.2 Å². The fourth-order valence-electron chi connectivity index (χ4n) is 0.715. The van der Waals surface area contributed by atoms with Gasteiger partial charge in [0.05, 0.1) is 12.2 Å². The second-order valence-corrected chi connectivity index (χ2v) is 3.01. The van der Waals surface area contributed by atoms with Crippen molar-refractivity contribution in [3.8, 4) is 12.3 Å². The van der Waals surface area contributed by atoms with Crippen molar-refractivity contribution in [2.45, 2.75) is 0 Å². The topological polar surface area (TPSA) is 55.1 Å². The SMILES string of the molecule is C#CCNC(=O)c1sccc1N. The van der Waals surface area contributed by atoms with Gasteiger partial charge < -0.3 is 11.1 Å². The van der Waals surface area contributed by atoms with Gasteiger partial charge in [-0.3, -0.25) is 4.79 Å². The van der Waals surface area contributed by atoms with Crippen LogP contribution >= 0.6 is 11.3 Å². The third kappa shape index (κ3) is 1.77. The minimum Gasteiger partial charge on any atom is -0.397 e. The molecule has 0 saturated heterocycles. The summed E-state index contributed by atoms with van der Waals surface area (Å²) >= 11 is 1.30. The van der Waals surface area contributed by atoms with Crippen LogP contribution in [0.5, 0.6) is 0 Å². The van der Waals surface area contributed by atoms with Crippen molar-refractivity contribution in [1.29, 1.82) is 0 Å². The molecule has 0 aliphatic rings. The highest BCUT2D eigenvalue weighted by atomic mass is 32.1. The lowest BCUT2D eigenvalue weighted by Crippen LogP contribution is -2.23. The zero-order valence-corrected chi connectivity index (χ0v) is 7.15. The Bertz CT molecular complexity index is 324. The summed E-state index contributed by atoms with van der Waals surface area (Å²) in [6.07, 6.45) is 4.98. The standard InChI is InChI=1S/C8H8N2OS/c1-2-4-10-8(11)7-6(9)3-5-12-7/h1,3,5H,4,9H2,(H,10,11). The van der Waals surface area contributed by atoms with E-state index in [4.69, 9.17) is 12.2 Å².